The molecule has 3 nitrogen and oxygen atoms in total. The average Bonchev–Trinajstić information content (AvgIpc) is 2.40. The molecule has 4 heteroatoms. The van der Waals surface area contributed by atoms with Gasteiger partial charge in [-0.3, -0.25) is 9.97 Å². The molecule has 2 heterocycles. The van der Waals surface area contributed by atoms with E-state index >= 15 is 0 Å². The number of pyridine rings is 2. The molecule has 0 amide bonds. The van der Waals surface area contributed by atoms with Gasteiger partial charge in [-0.15, -0.1) is 0 Å². The van der Waals surface area contributed by atoms with E-state index in [0.717, 1.165) is 17.1 Å². The molecule has 0 spiro atoms. The van der Waals surface area contributed by atoms with E-state index in [1.165, 1.54) is 5.19 Å². The standard InChI is InChI=1S/C14H17N2OSi/c1-4-17-11-9-13(18(2)3)14(16-10-11)12-7-5-6-8-15-12/h5-10H,4H2,1-3H3. The molecule has 0 aliphatic carbocycles. The predicted octanol–water partition coefficient (Wildman–Crippen LogP) is 2.50. The summed E-state index contributed by atoms with van der Waals surface area (Å²) >= 11 is 0. The molecule has 0 atom stereocenters. The Balaban J connectivity index is 2.47. The topological polar surface area (TPSA) is 35.0 Å². The Morgan fingerprint density at radius 1 is 1.22 bits per heavy atom. The van der Waals surface area contributed by atoms with Gasteiger partial charge in [-0.05, 0) is 30.3 Å². The van der Waals surface area contributed by atoms with Crippen molar-refractivity contribution in [1.29, 1.82) is 0 Å². The van der Waals surface area contributed by atoms with Crippen molar-refractivity contribution < 1.29 is 4.74 Å². The van der Waals surface area contributed by atoms with E-state index in [1.807, 2.05) is 25.1 Å². The number of hydrogen-bond acceptors (Lipinski definition) is 3. The SMILES string of the molecule is CCOc1cnc(-c2ccccn2)c([Si](C)C)c1. The molecular formula is C14H17N2OSi. The molecule has 0 saturated heterocycles. The maximum Gasteiger partial charge on any atom is 0.137 e. The number of ether oxygens (including phenoxy) is 1. The van der Waals surface area contributed by atoms with Crippen molar-refractivity contribution in [3.63, 3.8) is 0 Å². The molecule has 0 aliphatic heterocycles. The van der Waals surface area contributed by atoms with Crippen molar-refractivity contribution >= 4 is 14.0 Å². The molecule has 1 radical (unpaired) electrons. The van der Waals surface area contributed by atoms with Gasteiger partial charge in [-0.1, -0.05) is 19.2 Å². The van der Waals surface area contributed by atoms with Crippen molar-refractivity contribution in [3.8, 4) is 17.1 Å². The third-order valence-corrected chi connectivity index (χ3v) is 4.08. The number of rotatable bonds is 4. The minimum Gasteiger partial charge on any atom is -0.492 e. The van der Waals surface area contributed by atoms with E-state index in [-0.39, 0.29) is 0 Å². The van der Waals surface area contributed by atoms with Crippen LogP contribution in [0, 0.1) is 0 Å². The first-order chi connectivity index (χ1) is 8.72. The summed E-state index contributed by atoms with van der Waals surface area (Å²) in [6.45, 7) is 7.16. The molecule has 0 aliphatic rings. The Hall–Kier alpha value is -1.68. The summed E-state index contributed by atoms with van der Waals surface area (Å²) in [7, 11) is -0.611. The Kier molecular flexibility index (Phi) is 4.10. The van der Waals surface area contributed by atoms with Gasteiger partial charge in [0.2, 0.25) is 0 Å². The molecule has 0 aromatic carbocycles. The van der Waals surface area contributed by atoms with Crippen LogP contribution in [-0.4, -0.2) is 25.4 Å². The van der Waals surface area contributed by atoms with Crippen molar-refractivity contribution in [2.75, 3.05) is 6.61 Å². The summed E-state index contributed by atoms with van der Waals surface area (Å²) in [6.07, 6.45) is 3.58. The molecule has 0 unspecified atom stereocenters. The van der Waals surface area contributed by atoms with Gasteiger partial charge >= 0.3 is 0 Å². The van der Waals surface area contributed by atoms with Gasteiger partial charge in [-0.25, -0.2) is 0 Å². The maximum atomic E-state index is 5.52. The second kappa shape index (κ2) is 5.77. The molecule has 2 aromatic rings. The Morgan fingerprint density at radius 2 is 2.06 bits per heavy atom. The second-order valence-corrected chi connectivity index (χ2v) is 6.75. The summed E-state index contributed by atoms with van der Waals surface area (Å²) in [4.78, 5) is 8.91. The second-order valence-electron chi connectivity index (χ2n) is 4.22. The smallest absolute Gasteiger partial charge is 0.137 e. The average molecular weight is 257 g/mol. The van der Waals surface area contributed by atoms with Crippen LogP contribution in [0.15, 0.2) is 36.7 Å². The maximum absolute atomic E-state index is 5.52. The van der Waals surface area contributed by atoms with Gasteiger partial charge in [0.05, 0.1) is 33.0 Å². The number of aromatic nitrogens is 2. The molecule has 18 heavy (non-hydrogen) atoms. The lowest BCUT2D eigenvalue weighted by Crippen LogP contribution is -2.26. The molecule has 0 saturated carbocycles. The minimum absolute atomic E-state index is 0.611. The van der Waals surface area contributed by atoms with Gasteiger partial charge in [0.25, 0.3) is 0 Å². The van der Waals surface area contributed by atoms with Crippen LogP contribution in [0.3, 0.4) is 0 Å². The lowest BCUT2D eigenvalue weighted by Gasteiger charge is -2.12. The third kappa shape index (κ3) is 2.76. The first kappa shape index (κ1) is 12.8. The van der Waals surface area contributed by atoms with Crippen LogP contribution in [0.2, 0.25) is 13.1 Å². The Bertz CT molecular complexity index is 514. The van der Waals surface area contributed by atoms with Crippen LogP contribution in [-0.2, 0) is 0 Å². The minimum atomic E-state index is -0.611. The quantitative estimate of drug-likeness (QED) is 0.789. The van der Waals surface area contributed by atoms with Crippen molar-refractivity contribution in [2.24, 2.45) is 0 Å². The molecule has 2 rings (SSSR count). The van der Waals surface area contributed by atoms with Crippen LogP contribution in [0.4, 0.5) is 0 Å². The fourth-order valence-electron chi connectivity index (χ4n) is 1.78. The molecular weight excluding hydrogens is 240 g/mol. The summed E-state index contributed by atoms with van der Waals surface area (Å²) in [5, 5.41) is 1.27. The highest BCUT2D eigenvalue weighted by molar-refractivity contribution is 6.72. The predicted molar refractivity (Wildman–Crippen MR) is 75.8 cm³/mol. The molecule has 0 fully saturated rings. The van der Waals surface area contributed by atoms with Crippen LogP contribution in [0.25, 0.3) is 11.4 Å². The van der Waals surface area contributed by atoms with Crippen molar-refractivity contribution in [3.05, 3.63) is 36.7 Å². The Labute approximate surface area is 109 Å². The van der Waals surface area contributed by atoms with Crippen LogP contribution in [0.1, 0.15) is 6.92 Å². The summed E-state index contributed by atoms with van der Waals surface area (Å²) in [6, 6.07) is 8.01. The monoisotopic (exact) mass is 257 g/mol. The van der Waals surface area contributed by atoms with Gasteiger partial charge in [0.15, 0.2) is 0 Å². The van der Waals surface area contributed by atoms with Crippen molar-refractivity contribution in [2.45, 2.75) is 20.0 Å². The molecule has 2 aromatic heterocycles. The number of nitrogens with zero attached hydrogens (tertiary/aromatic N) is 2. The van der Waals surface area contributed by atoms with Gasteiger partial charge in [-0.2, -0.15) is 0 Å². The molecule has 0 bridgehead atoms. The summed E-state index contributed by atoms with van der Waals surface area (Å²) in [5.74, 6) is 0.846. The highest BCUT2D eigenvalue weighted by Crippen LogP contribution is 2.16. The van der Waals surface area contributed by atoms with E-state index in [2.05, 4.69) is 29.1 Å². The first-order valence-electron chi connectivity index (χ1n) is 6.07. The summed E-state index contributed by atoms with van der Waals surface area (Å²) in [5.41, 5.74) is 1.92. The van der Waals surface area contributed by atoms with E-state index in [1.54, 1.807) is 12.4 Å². The zero-order valence-corrected chi connectivity index (χ0v) is 12.0. The highest BCUT2D eigenvalue weighted by atomic mass is 28.3. The fourth-order valence-corrected chi connectivity index (χ4v) is 2.88. The lowest BCUT2D eigenvalue weighted by molar-refractivity contribution is 0.339. The lowest BCUT2D eigenvalue weighted by atomic mass is 10.2. The van der Waals surface area contributed by atoms with Gasteiger partial charge < -0.3 is 4.74 Å². The fraction of sp³-hybridized carbons (Fsp3) is 0.286. The molecule has 93 valence electrons. The van der Waals surface area contributed by atoms with Gasteiger partial charge in [0.1, 0.15) is 5.75 Å². The zero-order valence-electron chi connectivity index (χ0n) is 11.0. The Morgan fingerprint density at radius 3 is 2.67 bits per heavy atom. The van der Waals surface area contributed by atoms with Crippen LogP contribution in [0.5, 0.6) is 5.75 Å². The van der Waals surface area contributed by atoms with Crippen LogP contribution >= 0.6 is 0 Å². The van der Waals surface area contributed by atoms with Crippen LogP contribution < -0.4 is 9.92 Å². The number of hydrogen-bond donors (Lipinski definition) is 0. The van der Waals surface area contributed by atoms with Gasteiger partial charge in [0, 0.05) is 6.20 Å². The van der Waals surface area contributed by atoms with E-state index in [9.17, 15) is 0 Å². The normalized spacial score (nSPS) is 10.7. The van der Waals surface area contributed by atoms with E-state index in [0.29, 0.717) is 6.61 Å². The largest absolute Gasteiger partial charge is 0.492 e. The third-order valence-electron chi connectivity index (χ3n) is 2.62. The van der Waals surface area contributed by atoms with Crippen molar-refractivity contribution in [1.82, 2.24) is 9.97 Å². The molecule has 0 N–H and O–H groups in total. The zero-order chi connectivity index (χ0) is 13.0. The van der Waals surface area contributed by atoms with E-state index < -0.39 is 8.80 Å². The first-order valence-corrected chi connectivity index (χ1v) is 8.57. The summed E-state index contributed by atoms with van der Waals surface area (Å²) < 4.78 is 5.52. The highest BCUT2D eigenvalue weighted by Gasteiger charge is 2.13. The van der Waals surface area contributed by atoms with E-state index in [4.69, 9.17) is 4.74 Å².